The fourth-order valence-electron chi connectivity index (χ4n) is 5.11. The minimum absolute atomic E-state index is 0.258. The van der Waals surface area contributed by atoms with E-state index < -0.39 is 29.4 Å². The average molecular weight is 453 g/mol. The number of carbonyl (C=O) groups is 3. The molecule has 8 nitrogen and oxygen atoms in total. The minimum Gasteiger partial charge on any atom is -0.497 e. The van der Waals surface area contributed by atoms with Crippen LogP contribution < -0.4 is 14.8 Å². The van der Waals surface area contributed by atoms with Gasteiger partial charge < -0.3 is 14.2 Å². The lowest BCUT2D eigenvalue weighted by atomic mass is 9.80. The maximum atomic E-state index is 13.2. The molecule has 2 aliphatic heterocycles. The number of fused-ring (bicyclic) bond motifs is 1. The van der Waals surface area contributed by atoms with Crippen molar-refractivity contribution in [3.05, 3.63) is 48.0 Å². The number of nitrogens with zero attached hydrogens (tertiary/aromatic N) is 1. The molecular weight excluding hydrogens is 424 g/mol. The van der Waals surface area contributed by atoms with E-state index in [0.29, 0.717) is 5.75 Å². The van der Waals surface area contributed by atoms with Gasteiger partial charge in [-0.1, -0.05) is 24.3 Å². The molecule has 4 rings (SSSR count). The van der Waals surface area contributed by atoms with E-state index in [2.05, 4.69) is 5.32 Å². The fourth-order valence-corrected chi connectivity index (χ4v) is 5.11. The first-order valence-electron chi connectivity index (χ1n) is 10.8. The Morgan fingerprint density at radius 1 is 1.03 bits per heavy atom. The molecule has 1 N–H and O–H groups in total. The second-order valence-electron chi connectivity index (χ2n) is 8.43. The fraction of sp³-hybridized carbons (Fsp3) is 0.400. The molecule has 0 unspecified atom stereocenters. The molecule has 0 radical (unpaired) electrons. The second-order valence-corrected chi connectivity index (χ2v) is 8.43. The second kappa shape index (κ2) is 8.51. The van der Waals surface area contributed by atoms with Gasteiger partial charge in [0, 0.05) is 18.2 Å². The van der Waals surface area contributed by atoms with Crippen molar-refractivity contribution in [1.29, 1.82) is 0 Å². The van der Waals surface area contributed by atoms with Gasteiger partial charge in [0.1, 0.15) is 17.0 Å². The molecule has 2 heterocycles. The van der Waals surface area contributed by atoms with Gasteiger partial charge in [0.15, 0.2) is 0 Å². The number of amides is 2. The van der Waals surface area contributed by atoms with Crippen molar-refractivity contribution >= 4 is 17.8 Å². The summed E-state index contributed by atoms with van der Waals surface area (Å²) in [5.41, 5.74) is 1.26. The Labute approximate surface area is 192 Å². The van der Waals surface area contributed by atoms with Crippen molar-refractivity contribution in [2.45, 2.75) is 25.4 Å². The van der Waals surface area contributed by atoms with E-state index in [1.807, 2.05) is 42.5 Å². The van der Waals surface area contributed by atoms with Gasteiger partial charge in [-0.3, -0.25) is 24.6 Å². The number of carbonyl (C=O) groups excluding carboxylic acids is 3. The van der Waals surface area contributed by atoms with Crippen LogP contribution in [-0.2, 0) is 19.1 Å². The molecule has 0 aliphatic carbocycles. The number of hydrogen-bond donors (Lipinski definition) is 1. The molecule has 8 heteroatoms. The Morgan fingerprint density at radius 2 is 1.73 bits per heavy atom. The molecule has 2 fully saturated rings. The number of rotatable bonds is 6. The summed E-state index contributed by atoms with van der Waals surface area (Å²) in [7, 11) is 4.48. The lowest BCUT2D eigenvalue weighted by Crippen LogP contribution is -2.53. The number of ether oxygens (including phenoxy) is 3. The van der Waals surface area contributed by atoms with E-state index >= 15 is 0 Å². The first-order chi connectivity index (χ1) is 15.8. The predicted octanol–water partition coefficient (Wildman–Crippen LogP) is 2.57. The van der Waals surface area contributed by atoms with Crippen LogP contribution in [-0.4, -0.2) is 56.1 Å². The SMILES string of the molecule is CCN1C(=O)[C@H]2[C@@H](c3ccc(-c4ccc(OC)cc4)c(OC)c3)N[C@@](C)(C(=O)OC)[C@H]2C1=O. The summed E-state index contributed by atoms with van der Waals surface area (Å²) in [6, 6.07) is 12.7. The van der Waals surface area contributed by atoms with E-state index in [1.54, 1.807) is 28.1 Å². The summed E-state index contributed by atoms with van der Waals surface area (Å²) in [5, 5.41) is 3.25. The molecule has 2 aromatic rings. The third-order valence-corrected chi connectivity index (χ3v) is 6.79. The van der Waals surface area contributed by atoms with Gasteiger partial charge in [0.05, 0.1) is 33.2 Å². The number of benzene rings is 2. The Hall–Kier alpha value is -3.39. The number of likely N-dealkylation sites (tertiary alicyclic amines) is 1. The molecule has 0 bridgehead atoms. The van der Waals surface area contributed by atoms with E-state index in [9.17, 15) is 14.4 Å². The van der Waals surface area contributed by atoms with Gasteiger partial charge in [-0.25, -0.2) is 0 Å². The van der Waals surface area contributed by atoms with Crippen LogP contribution in [0.25, 0.3) is 11.1 Å². The highest BCUT2D eigenvalue weighted by atomic mass is 16.5. The van der Waals surface area contributed by atoms with Crippen LogP contribution in [0.5, 0.6) is 11.5 Å². The highest BCUT2D eigenvalue weighted by Crippen LogP contribution is 2.49. The molecule has 2 amide bonds. The maximum absolute atomic E-state index is 13.2. The zero-order chi connectivity index (χ0) is 23.9. The van der Waals surface area contributed by atoms with Crippen LogP contribution in [0.2, 0.25) is 0 Å². The first kappa shape index (κ1) is 22.8. The standard InChI is InChI=1S/C25H28N2O6/c1-6-27-22(28)19-20(23(27)29)25(2,24(30)33-5)26-21(19)15-9-12-17(18(13-15)32-4)14-7-10-16(31-3)11-8-14/h7-13,19-21,26H,6H2,1-5H3/t19-,20-,21-,25-/m1/s1. The quantitative estimate of drug-likeness (QED) is 0.532. The van der Waals surface area contributed by atoms with Crippen molar-refractivity contribution in [1.82, 2.24) is 10.2 Å². The summed E-state index contributed by atoms with van der Waals surface area (Å²) in [6.07, 6.45) is 0. The molecule has 0 spiro atoms. The zero-order valence-electron chi connectivity index (χ0n) is 19.4. The van der Waals surface area contributed by atoms with Crippen molar-refractivity contribution in [2.75, 3.05) is 27.9 Å². The largest absolute Gasteiger partial charge is 0.497 e. The summed E-state index contributed by atoms with van der Waals surface area (Å²) in [5.74, 6) is -1.38. The maximum Gasteiger partial charge on any atom is 0.326 e. The number of imide groups is 1. The van der Waals surface area contributed by atoms with E-state index in [-0.39, 0.29) is 18.4 Å². The van der Waals surface area contributed by atoms with E-state index in [0.717, 1.165) is 22.4 Å². The highest BCUT2D eigenvalue weighted by Gasteiger charge is 2.66. The lowest BCUT2D eigenvalue weighted by Gasteiger charge is -2.28. The van der Waals surface area contributed by atoms with Gasteiger partial charge >= 0.3 is 5.97 Å². The molecule has 4 atom stereocenters. The number of methoxy groups -OCH3 is 3. The van der Waals surface area contributed by atoms with E-state index in [4.69, 9.17) is 14.2 Å². The lowest BCUT2D eigenvalue weighted by molar-refractivity contribution is -0.153. The summed E-state index contributed by atoms with van der Waals surface area (Å²) in [6.45, 7) is 3.64. The average Bonchev–Trinajstić information content (AvgIpc) is 3.30. The molecule has 0 aromatic heterocycles. The first-order valence-corrected chi connectivity index (χ1v) is 10.8. The van der Waals surface area contributed by atoms with Crippen molar-refractivity contribution in [2.24, 2.45) is 11.8 Å². The molecule has 2 aliphatic rings. The van der Waals surface area contributed by atoms with Crippen molar-refractivity contribution < 1.29 is 28.6 Å². The van der Waals surface area contributed by atoms with Crippen LogP contribution in [0.1, 0.15) is 25.5 Å². The summed E-state index contributed by atoms with van der Waals surface area (Å²) >= 11 is 0. The zero-order valence-corrected chi connectivity index (χ0v) is 19.4. The Bertz CT molecular complexity index is 1100. The Morgan fingerprint density at radius 3 is 2.30 bits per heavy atom. The number of hydrogen-bond acceptors (Lipinski definition) is 7. The smallest absolute Gasteiger partial charge is 0.326 e. The van der Waals surface area contributed by atoms with Gasteiger partial charge in [-0.15, -0.1) is 0 Å². The molecule has 2 aromatic carbocycles. The highest BCUT2D eigenvalue weighted by molar-refractivity contribution is 6.09. The predicted molar refractivity (Wildman–Crippen MR) is 121 cm³/mol. The third-order valence-electron chi connectivity index (χ3n) is 6.79. The van der Waals surface area contributed by atoms with Gasteiger partial charge in [0.2, 0.25) is 11.8 Å². The third kappa shape index (κ3) is 3.45. The van der Waals surface area contributed by atoms with Crippen LogP contribution in [0.3, 0.4) is 0 Å². The van der Waals surface area contributed by atoms with Crippen LogP contribution in [0.15, 0.2) is 42.5 Å². The monoisotopic (exact) mass is 452 g/mol. The molecule has 174 valence electrons. The van der Waals surface area contributed by atoms with Crippen molar-refractivity contribution in [3.8, 4) is 22.6 Å². The number of nitrogens with one attached hydrogen (secondary N) is 1. The Balaban J connectivity index is 1.77. The van der Waals surface area contributed by atoms with Crippen LogP contribution in [0.4, 0.5) is 0 Å². The summed E-state index contributed by atoms with van der Waals surface area (Å²) in [4.78, 5) is 40.2. The van der Waals surface area contributed by atoms with Crippen LogP contribution in [0, 0.1) is 11.8 Å². The molecule has 33 heavy (non-hydrogen) atoms. The normalized spacial score (nSPS) is 26.3. The summed E-state index contributed by atoms with van der Waals surface area (Å²) < 4.78 is 15.9. The van der Waals surface area contributed by atoms with Crippen molar-refractivity contribution in [3.63, 3.8) is 0 Å². The van der Waals surface area contributed by atoms with E-state index in [1.165, 1.54) is 12.0 Å². The van der Waals surface area contributed by atoms with Gasteiger partial charge in [-0.05, 0) is 43.2 Å². The topological polar surface area (TPSA) is 94.2 Å². The minimum atomic E-state index is -1.32. The van der Waals surface area contributed by atoms with Crippen LogP contribution >= 0.6 is 0 Å². The van der Waals surface area contributed by atoms with Gasteiger partial charge in [-0.2, -0.15) is 0 Å². The Kier molecular flexibility index (Phi) is 5.88. The molecule has 0 saturated carbocycles. The van der Waals surface area contributed by atoms with Gasteiger partial charge in [0.25, 0.3) is 0 Å². The molecule has 2 saturated heterocycles. The molecular formula is C25H28N2O6. The number of esters is 1.